The van der Waals surface area contributed by atoms with Crippen LogP contribution < -0.4 is 5.32 Å². The van der Waals surface area contributed by atoms with Crippen molar-refractivity contribution in [2.75, 3.05) is 20.2 Å². The highest BCUT2D eigenvalue weighted by Crippen LogP contribution is 2.36. The summed E-state index contributed by atoms with van der Waals surface area (Å²) in [6, 6.07) is 11.7. The Labute approximate surface area is 151 Å². The van der Waals surface area contributed by atoms with Gasteiger partial charge in [-0.15, -0.1) is 11.8 Å². The van der Waals surface area contributed by atoms with Crippen LogP contribution in [0.25, 0.3) is 0 Å². The lowest BCUT2D eigenvalue weighted by Crippen LogP contribution is -2.16. The third-order valence-corrected chi connectivity index (χ3v) is 5.86. The SMILES string of the molecule is COC(=O)c1ccccc1CSc1c(Cl)ccc2c1CCNCC2. The van der Waals surface area contributed by atoms with E-state index in [1.54, 1.807) is 17.8 Å². The summed E-state index contributed by atoms with van der Waals surface area (Å²) in [4.78, 5) is 13.1. The van der Waals surface area contributed by atoms with Crippen LogP contribution in [0, 0.1) is 0 Å². The highest BCUT2D eigenvalue weighted by Gasteiger charge is 2.17. The van der Waals surface area contributed by atoms with Crippen molar-refractivity contribution in [2.24, 2.45) is 0 Å². The summed E-state index contributed by atoms with van der Waals surface area (Å²) in [5.41, 5.74) is 4.29. The number of esters is 1. The number of methoxy groups -OCH3 is 1. The lowest BCUT2D eigenvalue weighted by Gasteiger charge is -2.14. The lowest BCUT2D eigenvalue weighted by atomic mass is 10.0. The molecule has 0 bridgehead atoms. The third kappa shape index (κ3) is 3.77. The van der Waals surface area contributed by atoms with Crippen LogP contribution in [0.3, 0.4) is 0 Å². The Bertz CT molecular complexity index is 748. The van der Waals surface area contributed by atoms with E-state index < -0.39 is 0 Å². The number of thioether (sulfide) groups is 1. The highest BCUT2D eigenvalue weighted by molar-refractivity contribution is 7.98. The Morgan fingerprint density at radius 2 is 2.00 bits per heavy atom. The monoisotopic (exact) mass is 361 g/mol. The summed E-state index contributed by atoms with van der Waals surface area (Å²) >= 11 is 8.18. The molecule has 1 aliphatic heterocycles. The zero-order valence-electron chi connectivity index (χ0n) is 13.6. The molecule has 0 amide bonds. The van der Waals surface area contributed by atoms with Crippen molar-refractivity contribution in [1.82, 2.24) is 5.32 Å². The number of ether oxygens (including phenoxy) is 1. The molecule has 3 rings (SSSR count). The van der Waals surface area contributed by atoms with E-state index in [1.807, 2.05) is 24.3 Å². The first kappa shape index (κ1) is 17.3. The maximum Gasteiger partial charge on any atom is 0.338 e. The molecule has 0 unspecified atom stereocenters. The lowest BCUT2D eigenvalue weighted by molar-refractivity contribution is 0.0600. The Balaban J connectivity index is 1.87. The van der Waals surface area contributed by atoms with E-state index in [9.17, 15) is 4.79 Å². The molecule has 24 heavy (non-hydrogen) atoms. The van der Waals surface area contributed by atoms with Crippen molar-refractivity contribution in [2.45, 2.75) is 23.5 Å². The highest BCUT2D eigenvalue weighted by atomic mass is 35.5. The number of hydrogen-bond acceptors (Lipinski definition) is 4. The number of benzene rings is 2. The number of nitrogens with one attached hydrogen (secondary N) is 1. The molecule has 0 saturated carbocycles. The van der Waals surface area contributed by atoms with Gasteiger partial charge in [0.25, 0.3) is 0 Å². The quantitative estimate of drug-likeness (QED) is 0.657. The Hall–Kier alpha value is -1.49. The average molecular weight is 362 g/mol. The number of carbonyl (C=O) groups is 1. The third-order valence-electron chi connectivity index (χ3n) is 4.23. The molecular weight excluding hydrogens is 342 g/mol. The molecule has 5 heteroatoms. The van der Waals surface area contributed by atoms with Gasteiger partial charge < -0.3 is 10.1 Å². The molecule has 0 atom stereocenters. The number of rotatable bonds is 4. The molecule has 2 aromatic carbocycles. The Kier molecular flexibility index (Phi) is 5.82. The largest absolute Gasteiger partial charge is 0.465 e. The minimum absolute atomic E-state index is 0.298. The van der Waals surface area contributed by atoms with Crippen molar-refractivity contribution in [3.63, 3.8) is 0 Å². The predicted molar refractivity (Wildman–Crippen MR) is 99.1 cm³/mol. The smallest absolute Gasteiger partial charge is 0.338 e. The zero-order chi connectivity index (χ0) is 16.9. The summed E-state index contributed by atoms with van der Waals surface area (Å²) in [7, 11) is 1.41. The molecule has 2 aromatic rings. The number of carbonyl (C=O) groups excluding carboxylic acids is 1. The molecule has 3 nitrogen and oxygen atoms in total. The standard InChI is InChI=1S/C19H20ClNO2S/c1-23-19(22)16-5-3-2-4-14(16)12-24-18-15-9-11-21-10-8-13(15)6-7-17(18)20/h2-7,21H,8-12H2,1H3. The van der Waals surface area contributed by atoms with Gasteiger partial charge in [0.15, 0.2) is 0 Å². The molecule has 0 aliphatic carbocycles. The van der Waals surface area contributed by atoms with Crippen LogP contribution in [0.2, 0.25) is 5.02 Å². The van der Waals surface area contributed by atoms with Crippen molar-refractivity contribution in [3.8, 4) is 0 Å². The molecule has 1 N–H and O–H groups in total. The van der Waals surface area contributed by atoms with Gasteiger partial charge in [0.1, 0.15) is 0 Å². The van der Waals surface area contributed by atoms with Crippen LogP contribution in [0.1, 0.15) is 27.0 Å². The fourth-order valence-corrected chi connectivity index (χ4v) is 4.48. The maximum absolute atomic E-state index is 11.9. The zero-order valence-corrected chi connectivity index (χ0v) is 15.2. The van der Waals surface area contributed by atoms with Crippen LogP contribution >= 0.6 is 23.4 Å². The van der Waals surface area contributed by atoms with Crippen LogP contribution in [-0.4, -0.2) is 26.2 Å². The summed E-state index contributed by atoms with van der Waals surface area (Å²) in [6.45, 7) is 1.98. The molecule has 0 radical (unpaired) electrons. The second-order valence-electron chi connectivity index (χ2n) is 5.70. The summed E-state index contributed by atoms with van der Waals surface area (Å²) in [6.07, 6.45) is 2.01. The van der Waals surface area contributed by atoms with E-state index >= 15 is 0 Å². The van der Waals surface area contributed by atoms with Gasteiger partial charge in [-0.05, 0) is 54.8 Å². The molecule has 0 aromatic heterocycles. The van der Waals surface area contributed by atoms with E-state index in [0.717, 1.165) is 41.4 Å². The van der Waals surface area contributed by atoms with Gasteiger partial charge >= 0.3 is 5.97 Å². The first-order chi connectivity index (χ1) is 11.7. The van der Waals surface area contributed by atoms with Gasteiger partial charge in [0, 0.05) is 10.6 Å². The van der Waals surface area contributed by atoms with Crippen LogP contribution in [-0.2, 0) is 23.3 Å². The summed E-state index contributed by atoms with van der Waals surface area (Å²) in [5, 5.41) is 4.22. The summed E-state index contributed by atoms with van der Waals surface area (Å²) in [5.74, 6) is 0.392. The van der Waals surface area contributed by atoms with Crippen molar-refractivity contribution in [3.05, 3.63) is 63.7 Å². The molecule has 0 spiro atoms. The minimum Gasteiger partial charge on any atom is -0.465 e. The minimum atomic E-state index is -0.298. The van der Waals surface area contributed by atoms with E-state index in [1.165, 1.54) is 18.2 Å². The molecule has 126 valence electrons. The predicted octanol–water partition coefficient (Wildman–Crippen LogP) is 4.11. The average Bonchev–Trinajstić information content (AvgIpc) is 2.86. The molecule has 0 fully saturated rings. The van der Waals surface area contributed by atoms with Crippen molar-refractivity contribution >= 4 is 29.3 Å². The van der Waals surface area contributed by atoms with E-state index in [4.69, 9.17) is 16.3 Å². The number of hydrogen-bond donors (Lipinski definition) is 1. The van der Waals surface area contributed by atoms with Crippen LogP contribution in [0.15, 0.2) is 41.3 Å². The molecular formula is C19H20ClNO2S. The molecule has 1 heterocycles. The number of fused-ring (bicyclic) bond motifs is 1. The fourth-order valence-electron chi connectivity index (χ4n) is 2.97. The van der Waals surface area contributed by atoms with Crippen molar-refractivity contribution in [1.29, 1.82) is 0 Å². The first-order valence-corrected chi connectivity index (χ1v) is 9.37. The van der Waals surface area contributed by atoms with E-state index in [2.05, 4.69) is 11.4 Å². The first-order valence-electron chi connectivity index (χ1n) is 8.00. The van der Waals surface area contributed by atoms with Crippen LogP contribution in [0.5, 0.6) is 0 Å². The molecule has 0 saturated heterocycles. The van der Waals surface area contributed by atoms with Crippen LogP contribution in [0.4, 0.5) is 0 Å². The van der Waals surface area contributed by atoms with Gasteiger partial charge in [-0.25, -0.2) is 4.79 Å². The van der Waals surface area contributed by atoms with Gasteiger partial charge in [-0.3, -0.25) is 0 Å². The van der Waals surface area contributed by atoms with Gasteiger partial charge in [-0.1, -0.05) is 35.9 Å². The maximum atomic E-state index is 11.9. The fraction of sp³-hybridized carbons (Fsp3) is 0.316. The van der Waals surface area contributed by atoms with Gasteiger partial charge in [-0.2, -0.15) is 0 Å². The summed E-state index contributed by atoms with van der Waals surface area (Å²) < 4.78 is 4.88. The number of halogens is 1. The normalized spacial score (nSPS) is 13.9. The van der Waals surface area contributed by atoms with Crippen molar-refractivity contribution < 1.29 is 9.53 Å². The topological polar surface area (TPSA) is 38.3 Å². The van der Waals surface area contributed by atoms with E-state index in [0.29, 0.717) is 11.3 Å². The molecule has 1 aliphatic rings. The van der Waals surface area contributed by atoms with Gasteiger partial charge in [0.2, 0.25) is 0 Å². The van der Waals surface area contributed by atoms with Gasteiger partial charge in [0.05, 0.1) is 17.7 Å². The Morgan fingerprint density at radius 1 is 1.21 bits per heavy atom. The second-order valence-corrected chi connectivity index (χ2v) is 7.09. The Morgan fingerprint density at radius 3 is 2.83 bits per heavy atom. The van der Waals surface area contributed by atoms with E-state index in [-0.39, 0.29) is 5.97 Å². The second kappa shape index (κ2) is 8.06.